The molecule has 5 aromatic carbocycles. The Bertz CT molecular complexity index is 2290. The fourth-order valence-electron chi connectivity index (χ4n) is 6.36. The van der Waals surface area contributed by atoms with E-state index in [1.807, 2.05) is 36.6 Å². The van der Waals surface area contributed by atoms with E-state index in [9.17, 15) is 0 Å². The first-order valence-electron chi connectivity index (χ1n) is 17.2. The summed E-state index contributed by atoms with van der Waals surface area (Å²) in [5.41, 5.74) is 10.5. The summed E-state index contributed by atoms with van der Waals surface area (Å²) in [5.74, 6) is 3.58. The van der Waals surface area contributed by atoms with Crippen molar-refractivity contribution in [1.82, 2.24) is 4.57 Å². The number of aliphatic imine (C=N–C) groups is 1. The molecule has 0 fully saturated rings. The molecule has 0 aliphatic rings. The number of aromatic nitrogens is 1. The molecule has 6 rings (SSSR count). The lowest BCUT2D eigenvalue weighted by atomic mass is 10.00. The third-order valence-electron chi connectivity index (χ3n) is 8.89. The van der Waals surface area contributed by atoms with Gasteiger partial charge in [0.15, 0.2) is 0 Å². The fraction of sp³-hybridized carbons (Fsp3) is 0.128. The van der Waals surface area contributed by atoms with Crippen molar-refractivity contribution in [3.8, 4) is 18.0 Å². The zero-order valence-corrected chi connectivity index (χ0v) is 29.0. The maximum Gasteiger partial charge on any atom is 0.141 e. The zero-order chi connectivity index (χ0) is 34.7. The van der Waals surface area contributed by atoms with E-state index in [2.05, 4.69) is 146 Å². The van der Waals surface area contributed by atoms with Crippen LogP contribution in [0.15, 0.2) is 168 Å². The van der Waals surface area contributed by atoms with Crippen LogP contribution in [-0.2, 0) is 11.2 Å². The van der Waals surface area contributed by atoms with Crippen molar-refractivity contribution in [2.45, 2.75) is 33.1 Å². The molecular weight excluding hydrogens is 609 g/mol. The number of allylic oxidation sites excluding steroid dienone is 7. The van der Waals surface area contributed by atoms with Crippen molar-refractivity contribution in [3.05, 3.63) is 185 Å². The number of rotatable bonds is 12. The quantitative estimate of drug-likeness (QED) is 0.0426. The second-order valence-corrected chi connectivity index (χ2v) is 12.1. The van der Waals surface area contributed by atoms with Crippen molar-refractivity contribution in [3.63, 3.8) is 0 Å². The highest BCUT2D eigenvalue weighted by molar-refractivity contribution is 6.10. The number of para-hydroxylation sites is 2. The molecule has 3 heteroatoms. The van der Waals surface area contributed by atoms with Crippen LogP contribution in [0.3, 0.4) is 0 Å². The third-order valence-corrected chi connectivity index (χ3v) is 8.89. The smallest absolute Gasteiger partial charge is 0.141 e. The Morgan fingerprint density at radius 2 is 1.54 bits per heavy atom. The van der Waals surface area contributed by atoms with Gasteiger partial charge in [0.05, 0.1) is 23.8 Å². The standard InChI is InChI=1S/C47H42N2O/c1-5-8-11-22-37(6-2)39-23-18-21-36(30-39)34-48-44(31-35-19-12-9-13-20-35)47(50-4)33-38(7-3)40-28-29-46-43(32-40)42-26-16-17-27-45(42)49(46)41-24-14-10-15-25-41/h3,5,8-10,12-30,32-34H,6,11,31H2,1-2,4H3/b8-5-,37-22+,38-33+,47-44-,48-34+. The lowest BCUT2D eigenvalue weighted by Gasteiger charge is -2.11. The summed E-state index contributed by atoms with van der Waals surface area (Å²) < 4.78 is 8.36. The Morgan fingerprint density at radius 3 is 2.28 bits per heavy atom. The monoisotopic (exact) mass is 650 g/mol. The second-order valence-electron chi connectivity index (χ2n) is 12.1. The number of ether oxygens (including phenoxy) is 1. The Hall–Kier alpha value is -6.11. The molecule has 50 heavy (non-hydrogen) atoms. The van der Waals surface area contributed by atoms with Gasteiger partial charge in [0.2, 0.25) is 0 Å². The second kappa shape index (κ2) is 16.3. The molecular formula is C47H42N2O. The van der Waals surface area contributed by atoms with Crippen LogP contribution in [0.4, 0.5) is 0 Å². The van der Waals surface area contributed by atoms with E-state index < -0.39 is 0 Å². The van der Waals surface area contributed by atoms with Crippen LogP contribution >= 0.6 is 0 Å². The first kappa shape index (κ1) is 33.8. The molecule has 0 radical (unpaired) electrons. The number of fused-ring (bicyclic) bond motifs is 3. The van der Waals surface area contributed by atoms with Gasteiger partial charge in [0.25, 0.3) is 0 Å². The molecule has 0 unspecified atom stereocenters. The van der Waals surface area contributed by atoms with Gasteiger partial charge < -0.3 is 9.30 Å². The first-order chi connectivity index (χ1) is 24.6. The largest absolute Gasteiger partial charge is 0.495 e. The van der Waals surface area contributed by atoms with Crippen LogP contribution in [0.25, 0.3) is 38.6 Å². The predicted molar refractivity (Wildman–Crippen MR) is 214 cm³/mol. The van der Waals surface area contributed by atoms with Crippen molar-refractivity contribution in [1.29, 1.82) is 0 Å². The Kier molecular flexibility index (Phi) is 11.0. The maximum absolute atomic E-state index is 6.23. The highest BCUT2D eigenvalue weighted by Crippen LogP contribution is 2.34. The summed E-state index contributed by atoms with van der Waals surface area (Å²) in [6.07, 6.45) is 19.1. The highest BCUT2D eigenvalue weighted by atomic mass is 16.5. The summed E-state index contributed by atoms with van der Waals surface area (Å²) in [6, 6.07) is 44.3. The highest BCUT2D eigenvalue weighted by Gasteiger charge is 2.14. The zero-order valence-electron chi connectivity index (χ0n) is 29.0. The summed E-state index contributed by atoms with van der Waals surface area (Å²) in [5, 5.41) is 2.31. The number of benzene rings is 5. The van der Waals surface area contributed by atoms with Gasteiger partial charge in [-0.15, -0.1) is 6.42 Å². The summed E-state index contributed by atoms with van der Waals surface area (Å²) in [7, 11) is 1.68. The molecule has 6 aromatic rings. The van der Waals surface area contributed by atoms with Crippen LogP contribution in [0, 0.1) is 12.3 Å². The van der Waals surface area contributed by atoms with Crippen LogP contribution < -0.4 is 0 Å². The van der Waals surface area contributed by atoms with E-state index in [-0.39, 0.29) is 0 Å². The normalized spacial score (nSPS) is 12.9. The number of methoxy groups -OCH3 is 1. The van der Waals surface area contributed by atoms with Crippen LogP contribution in [-0.4, -0.2) is 17.9 Å². The van der Waals surface area contributed by atoms with Crippen molar-refractivity contribution in [2.75, 3.05) is 7.11 Å². The minimum absolute atomic E-state index is 0.585. The van der Waals surface area contributed by atoms with E-state index in [1.165, 1.54) is 16.5 Å². The predicted octanol–water partition coefficient (Wildman–Crippen LogP) is 11.8. The summed E-state index contributed by atoms with van der Waals surface area (Å²) in [6.45, 7) is 4.25. The minimum atomic E-state index is 0.585. The minimum Gasteiger partial charge on any atom is -0.495 e. The topological polar surface area (TPSA) is 26.5 Å². The van der Waals surface area contributed by atoms with Crippen molar-refractivity contribution in [2.24, 2.45) is 4.99 Å². The average Bonchev–Trinajstić information content (AvgIpc) is 3.50. The lowest BCUT2D eigenvalue weighted by Crippen LogP contribution is -1.98. The Balaban J connectivity index is 1.43. The van der Waals surface area contributed by atoms with Crippen LogP contribution in [0.5, 0.6) is 0 Å². The number of hydrogen-bond acceptors (Lipinski definition) is 2. The van der Waals surface area contributed by atoms with E-state index in [0.29, 0.717) is 12.2 Å². The van der Waals surface area contributed by atoms with Crippen molar-refractivity contribution >= 4 is 39.2 Å². The molecule has 246 valence electrons. The average molecular weight is 651 g/mol. The molecule has 0 aliphatic heterocycles. The van der Waals surface area contributed by atoms with Gasteiger partial charge in [-0.2, -0.15) is 0 Å². The Labute approximate surface area is 296 Å². The number of hydrogen-bond donors (Lipinski definition) is 0. The molecule has 0 bridgehead atoms. The molecule has 1 heterocycles. The lowest BCUT2D eigenvalue weighted by molar-refractivity contribution is 0.301. The van der Waals surface area contributed by atoms with Crippen molar-refractivity contribution < 1.29 is 4.74 Å². The molecule has 3 nitrogen and oxygen atoms in total. The molecule has 0 spiro atoms. The molecule has 0 amide bonds. The molecule has 0 atom stereocenters. The fourth-order valence-corrected chi connectivity index (χ4v) is 6.36. The van der Waals surface area contributed by atoms with Gasteiger partial charge in [-0.1, -0.05) is 122 Å². The number of terminal acetylenes is 1. The molecule has 0 N–H and O–H groups in total. The Morgan fingerprint density at radius 1 is 0.800 bits per heavy atom. The van der Waals surface area contributed by atoms with E-state index in [4.69, 9.17) is 16.2 Å². The summed E-state index contributed by atoms with van der Waals surface area (Å²) in [4.78, 5) is 5.05. The van der Waals surface area contributed by atoms with Gasteiger partial charge in [-0.05, 0) is 90.1 Å². The van der Waals surface area contributed by atoms with Gasteiger partial charge in [0.1, 0.15) is 5.76 Å². The number of nitrogens with zero attached hydrogens (tertiary/aromatic N) is 2. The van der Waals surface area contributed by atoms with E-state index >= 15 is 0 Å². The van der Waals surface area contributed by atoms with Gasteiger partial charge in [-0.25, -0.2) is 0 Å². The first-order valence-corrected chi connectivity index (χ1v) is 17.2. The van der Waals surface area contributed by atoms with E-state index in [1.54, 1.807) is 7.11 Å². The van der Waals surface area contributed by atoms with Crippen LogP contribution in [0.2, 0.25) is 0 Å². The summed E-state index contributed by atoms with van der Waals surface area (Å²) >= 11 is 0. The van der Waals surface area contributed by atoms with E-state index in [0.717, 1.165) is 62.9 Å². The molecule has 1 aromatic heterocycles. The third kappa shape index (κ3) is 7.62. The SMILES string of the molecule is C#C\C(=C/C(OC)=C(Cc1ccccc1)/N=C/c1cccc(/C(=C/C/C=C\C)CC)c1)c1ccc2c(c1)c1ccccc1n2-c1ccccc1. The maximum atomic E-state index is 6.23. The molecule has 0 aliphatic carbocycles. The molecule has 0 saturated heterocycles. The van der Waals surface area contributed by atoms with Gasteiger partial charge in [-0.3, -0.25) is 4.99 Å². The van der Waals surface area contributed by atoms with Gasteiger partial charge >= 0.3 is 0 Å². The molecule has 0 saturated carbocycles. The van der Waals surface area contributed by atoms with Gasteiger partial charge in [0, 0.05) is 34.7 Å². The van der Waals surface area contributed by atoms with Crippen LogP contribution in [0.1, 0.15) is 48.9 Å².